The fourth-order valence-corrected chi connectivity index (χ4v) is 4.91. The number of nitrogens with one attached hydrogen (secondary N) is 1. The molecule has 2 atom stereocenters. The van der Waals surface area contributed by atoms with Gasteiger partial charge in [-0.15, -0.1) is 11.3 Å². The minimum absolute atomic E-state index is 0.0358. The van der Waals surface area contributed by atoms with Gasteiger partial charge in [-0.3, -0.25) is 9.69 Å². The van der Waals surface area contributed by atoms with Crippen molar-refractivity contribution in [2.45, 2.75) is 31.8 Å². The van der Waals surface area contributed by atoms with Crippen molar-refractivity contribution in [1.29, 1.82) is 0 Å². The van der Waals surface area contributed by atoms with Crippen LogP contribution in [0.5, 0.6) is 0 Å². The summed E-state index contributed by atoms with van der Waals surface area (Å²) in [7, 11) is 0. The number of nitrogens with zero attached hydrogens (tertiary/aromatic N) is 1. The molecule has 3 saturated heterocycles. The van der Waals surface area contributed by atoms with Gasteiger partial charge in [0.25, 0.3) is 5.91 Å². The summed E-state index contributed by atoms with van der Waals surface area (Å²) in [5, 5.41) is 5.58. The Labute approximate surface area is 130 Å². The maximum atomic E-state index is 12.3. The van der Waals surface area contributed by atoms with E-state index in [2.05, 4.69) is 33.1 Å². The highest BCUT2D eigenvalue weighted by molar-refractivity contribution is 9.10. The number of fused-ring (bicyclic) bond motifs is 3. The minimum atomic E-state index is -0.0358. The molecule has 0 aliphatic carbocycles. The number of thiophene rings is 1. The highest BCUT2D eigenvalue weighted by Gasteiger charge is 2.40. The maximum Gasteiger partial charge on any atom is 0.263 e. The fraction of sp³-hybridized carbons (Fsp3) is 0.615. The van der Waals surface area contributed by atoms with Crippen molar-refractivity contribution in [3.63, 3.8) is 0 Å². The molecule has 4 rings (SSSR count). The molecule has 6 heteroatoms. The smallest absolute Gasteiger partial charge is 0.263 e. The quantitative estimate of drug-likeness (QED) is 0.873. The molecule has 1 N–H and O–H groups in total. The molecule has 0 spiro atoms. The van der Waals surface area contributed by atoms with Gasteiger partial charge in [-0.25, -0.2) is 0 Å². The molecule has 2 bridgehead atoms. The van der Waals surface area contributed by atoms with E-state index >= 15 is 0 Å². The first kappa shape index (κ1) is 13.9. The predicted octanol–water partition coefficient (Wildman–Crippen LogP) is 3.38. The first-order valence-electron chi connectivity index (χ1n) is 6.55. The predicted molar refractivity (Wildman–Crippen MR) is 82.0 cm³/mol. The van der Waals surface area contributed by atoms with Gasteiger partial charge in [-0.2, -0.15) is 0 Å². The van der Waals surface area contributed by atoms with Crippen molar-refractivity contribution in [3.05, 3.63) is 19.8 Å². The highest BCUT2D eigenvalue weighted by Crippen LogP contribution is 2.34. The molecule has 3 fully saturated rings. The van der Waals surface area contributed by atoms with E-state index in [1.807, 2.05) is 5.38 Å². The van der Waals surface area contributed by atoms with Gasteiger partial charge in [-0.05, 0) is 54.7 Å². The molecule has 0 unspecified atom stereocenters. The first-order chi connectivity index (χ1) is 9.08. The summed E-state index contributed by atoms with van der Waals surface area (Å²) >= 11 is 10.9. The Morgan fingerprint density at radius 2 is 2.21 bits per heavy atom. The Kier molecular flexibility index (Phi) is 3.91. The van der Waals surface area contributed by atoms with Crippen molar-refractivity contribution >= 4 is 44.8 Å². The largest absolute Gasteiger partial charge is 0.347 e. The average molecular weight is 364 g/mol. The van der Waals surface area contributed by atoms with Crippen LogP contribution in [0.4, 0.5) is 0 Å². The number of carbonyl (C=O) groups is 1. The van der Waals surface area contributed by atoms with Gasteiger partial charge < -0.3 is 5.32 Å². The fourth-order valence-electron chi connectivity index (χ4n) is 3.24. The molecular formula is C13H16BrClN2OS. The third-order valence-corrected chi connectivity index (χ3v) is 7.01. The number of amides is 1. The number of hydrogen-bond acceptors (Lipinski definition) is 3. The first-order valence-corrected chi connectivity index (χ1v) is 8.60. The van der Waals surface area contributed by atoms with E-state index in [4.69, 9.17) is 11.6 Å². The summed E-state index contributed by atoms with van der Waals surface area (Å²) < 4.78 is 0.797. The van der Waals surface area contributed by atoms with Crippen LogP contribution in [-0.4, -0.2) is 36.0 Å². The van der Waals surface area contributed by atoms with Crippen LogP contribution in [0.15, 0.2) is 9.85 Å². The lowest BCUT2D eigenvalue weighted by atomic mass is 9.79. The average Bonchev–Trinajstić information content (AvgIpc) is 2.75. The molecule has 3 aliphatic rings. The molecular weight excluding hydrogens is 348 g/mol. The van der Waals surface area contributed by atoms with Gasteiger partial charge in [0.1, 0.15) is 4.88 Å². The Balaban J connectivity index is 1.74. The molecule has 1 aromatic heterocycles. The Bertz CT molecular complexity index is 497. The lowest BCUT2D eigenvalue weighted by Crippen LogP contribution is -2.62. The summed E-state index contributed by atoms with van der Waals surface area (Å²) in [6.45, 7) is 4.55. The van der Waals surface area contributed by atoms with Crippen LogP contribution in [0, 0.1) is 5.92 Å². The van der Waals surface area contributed by atoms with Gasteiger partial charge in [0.05, 0.1) is 5.02 Å². The van der Waals surface area contributed by atoms with E-state index in [0.717, 1.165) is 4.47 Å². The standard InChI is InChI=1S/C13H16BrClN2OS/c1-7-11(8-2-4-17(7)5-3-8)16-13(18)12-10(15)9(14)6-19-12/h6-8,11H,2-5H2,1H3,(H,16,18)/t7-,11-/m0/s1. The number of piperidine rings is 3. The minimum Gasteiger partial charge on any atom is -0.347 e. The highest BCUT2D eigenvalue weighted by atomic mass is 79.9. The molecule has 19 heavy (non-hydrogen) atoms. The van der Waals surface area contributed by atoms with Crippen LogP contribution in [0.3, 0.4) is 0 Å². The van der Waals surface area contributed by atoms with Gasteiger partial charge in [0.15, 0.2) is 0 Å². The summed E-state index contributed by atoms with van der Waals surface area (Å²) in [5.41, 5.74) is 0. The van der Waals surface area contributed by atoms with E-state index in [-0.39, 0.29) is 11.9 Å². The molecule has 4 heterocycles. The zero-order valence-electron chi connectivity index (χ0n) is 10.7. The van der Waals surface area contributed by atoms with Gasteiger partial charge in [-0.1, -0.05) is 11.6 Å². The second-order valence-corrected chi connectivity index (χ2v) is 7.45. The molecule has 1 aromatic rings. The second-order valence-electron chi connectivity index (χ2n) is 5.34. The normalized spacial score (nSPS) is 33.4. The Hall–Kier alpha value is -0.100. The molecule has 3 aliphatic heterocycles. The van der Waals surface area contributed by atoms with Crippen molar-refractivity contribution in [3.8, 4) is 0 Å². The maximum absolute atomic E-state index is 12.3. The van der Waals surface area contributed by atoms with E-state index in [1.165, 1.54) is 37.3 Å². The topological polar surface area (TPSA) is 32.3 Å². The number of rotatable bonds is 2. The van der Waals surface area contributed by atoms with Crippen LogP contribution >= 0.6 is 38.9 Å². The van der Waals surface area contributed by atoms with Crippen LogP contribution in [-0.2, 0) is 0 Å². The molecule has 1 amide bonds. The van der Waals surface area contributed by atoms with Crippen LogP contribution < -0.4 is 5.32 Å². The zero-order valence-corrected chi connectivity index (χ0v) is 13.8. The number of hydrogen-bond donors (Lipinski definition) is 1. The zero-order chi connectivity index (χ0) is 13.6. The van der Waals surface area contributed by atoms with Crippen LogP contribution in [0.25, 0.3) is 0 Å². The summed E-state index contributed by atoms with van der Waals surface area (Å²) in [6.07, 6.45) is 2.38. The third-order valence-electron chi connectivity index (χ3n) is 4.37. The lowest BCUT2D eigenvalue weighted by Gasteiger charge is -2.49. The number of carbonyl (C=O) groups excluding carboxylic acids is 1. The van der Waals surface area contributed by atoms with Crippen LogP contribution in [0.2, 0.25) is 5.02 Å². The monoisotopic (exact) mass is 362 g/mol. The summed E-state index contributed by atoms with van der Waals surface area (Å²) in [6, 6.07) is 0.686. The summed E-state index contributed by atoms with van der Waals surface area (Å²) in [5.74, 6) is 0.581. The molecule has 3 nitrogen and oxygen atoms in total. The van der Waals surface area contributed by atoms with Crippen molar-refractivity contribution < 1.29 is 4.79 Å². The molecule has 0 radical (unpaired) electrons. The SMILES string of the molecule is C[C@H]1[C@H](NC(=O)c2scc(Br)c2Cl)C2CCN1CC2. The van der Waals surface area contributed by atoms with Crippen LogP contribution in [0.1, 0.15) is 29.4 Å². The molecule has 104 valence electrons. The van der Waals surface area contributed by atoms with Crippen molar-refractivity contribution in [1.82, 2.24) is 10.2 Å². The van der Waals surface area contributed by atoms with E-state index in [1.54, 1.807) is 0 Å². The van der Waals surface area contributed by atoms with E-state index < -0.39 is 0 Å². The van der Waals surface area contributed by atoms with Crippen molar-refractivity contribution in [2.75, 3.05) is 13.1 Å². The van der Waals surface area contributed by atoms with E-state index in [9.17, 15) is 4.79 Å². The molecule has 0 saturated carbocycles. The van der Waals surface area contributed by atoms with Gasteiger partial charge in [0, 0.05) is 21.9 Å². The van der Waals surface area contributed by atoms with Gasteiger partial charge in [0.2, 0.25) is 0 Å². The van der Waals surface area contributed by atoms with Crippen molar-refractivity contribution in [2.24, 2.45) is 5.92 Å². The Morgan fingerprint density at radius 3 is 2.74 bits per heavy atom. The van der Waals surface area contributed by atoms with Gasteiger partial charge >= 0.3 is 0 Å². The second kappa shape index (κ2) is 5.35. The summed E-state index contributed by atoms with van der Waals surface area (Å²) in [4.78, 5) is 15.4. The lowest BCUT2D eigenvalue weighted by molar-refractivity contribution is 0.0218. The number of halogens is 2. The third kappa shape index (κ3) is 2.46. The molecule has 0 aromatic carbocycles. The van der Waals surface area contributed by atoms with E-state index in [0.29, 0.717) is 21.9 Å². The Morgan fingerprint density at radius 1 is 1.53 bits per heavy atom.